The summed E-state index contributed by atoms with van der Waals surface area (Å²) in [7, 11) is 0. The monoisotopic (exact) mass is 277 g/mol. The first-order chi connectivity index (χ1) is 10.3. The van der Waals surface area contributed by atoms with Crippen LogP contribution in [0.1, 0.15) is 41.4 Å². The molecule has 0 fully saturated rings. The van der Waals surface area contributed by atoms with Crippen LogP contribution in [0, 0.1) is 0 Å². The van der Waals surface area contributed by atoms with Gasteiger partial charge in [0.2, 0.25) is 0 Å². The number of ketones is 1. The van der Waals surface area contributed by atoms with Crippen LogP contribution < -0.4 is 5.32 Å². The Kier molecular flexibility index (Phi) is 3.03. The van der Waals surface area contributed by atoms with E-state index in [0.717, 1.165) is 13.0 Å². The van der Waals surface area contributed by atoms with Crippen LogP contribution in [0.25, 0.3) is 0 Å². The summed E-state index contributed by atoms with van der Waals surface area (Å²) < 4.78 is 0. The zero-order chi connectivity index (χ0) is 14.2. The van der Waals surface area contributed by atoms with E-state index < -0.39 is 0 Å². The summed E-state index contributed by atoms with van der Waals surface area (Å²) in [6.45, 7) is 0.895. The molecule has 1 aliphatic heterocycles. The summed E-state index contributed by atoms with van der Waals surface area (Å²) in [4.78, 5) is 12.4. The smallest absolute Gasteiger partial charge is 0.134 e. The Morgan fingerprint density at radius 1 is 0.952 bits per heavy atom. The van der Waals surface area contributed by atoms with Gasteiger partial charge in [-0.3, -0.25) is 4.79 Å². The van der Waals surface area contributed by atoms with Gasteiger partial charge < -0.3 is 5.32 Å². The SMILES string of the molecule is O=C(CC1Cc2ccccc21)CC1CNc2ccccc21. The summed E-state index contributed by atoms with van der Waals surface area (Å²) in [5.41, 5.74) is 5.31. The highest BCUT2D eigenvalue weighted by Gasteiger charge is 2.29. The Balaban J connectivity index is 1.40. The number of hydrogen-bond acceptors (Lipinski definition) is 2. The number of Topliss-reactive ketones (excluding diaryl/α,β-unsaturated/α-hetero) is 1. The zero-order valence-electron chi connectivity index (χ0n) is 12.0. The molecule has 0 saturated carbocycles. The lowest BCUT2D eigenvalue weighted by atomic mass is 9.74. The van der Waals surface area contributed by atoms with Gasteiger partial charge in [0.05, 0.1) is 0 Å². The van der Waals surface area contributed by atoms with Gasteiger partial charge in [0.25, 0.3) is 0 Å². The number of para-hydroxylation sites is 1. The van der Waals surface area contributed by atoms with E-state index in [-0.39, 0.29) is 0 Å². The second kappa shape index (κ2) is 5.03. The van der Waals surface area contributed by atoms with Gasteiger partial charge in [-0.15, -0.1) is 0 Å². The fraction of sp³-hybridized carbons (Fsp3) is 0.316. The Hall–Kier alpha value is -2.09. The van der Waals surface area contributed by atoms with Crippen molar-refractivity contribution in [1.29, 1.82) is 0 Å². The van der Waals surface area contributed by atoms with Crippen LogP contribution in [0.3, 0.4) is 0 Å². The molecule has 21 heavy (non-hydrogen) atoms. The molecule has 2 aliphatic rings. The Morgan fingerprint density at radius 2 is 1.67 bits per heavy atom. The maximum Gasteiger partial charge on any atom is 0.134 e. The molecule has 2 aromatic carbocycles. The topological polar surface area (TPSA) is 29.1 Å². The molecule has 0 amide bonds. The average molecular weight is 277 g/mol. The van der Waals surface area contributed by atoms with E-state index in [1.807, 2.05) is 6.07 Å². The van der Waals surface area contributed by atoms with Crippen LogP contribution in [-0.4, -0.2) is 12.3 Å². The van der Waals surface area contributed by atoms with Crippen molar-refractivity contribution in [3.63, 3.8) is 0 Å². The molecule has 2 aromatic rings. The van der Waals surface area contributed by atoms with Crippen LogP contribution in [0.15, 0.2) is 48.5 Å². The molecule has 2 nitrogen and oxygen atoms in total. The van der Waals surface area contributed by atoms with E-state index in [0.29, 0.717) is 30.5 Å². The van der Waals surface area contributed by atoms with E-state index in [1.54, 1.807) is 0 Å². The molecule has 2 heteroatoms. The van der Waals surface area contributed by atoms with E-state index >= 15 is 0 Å². The highest BCUT2D eigenvalue weighted by atomic mass is 16.1. The molecule has 1 N–H and O–H groups in total. The number of anilines is 1. The summed E-state index contributed by atoms with van der Waals surface area (Å²) in [5.74, 6) is 1.21. The lowest BCUT2D eigenvalue weighted by Crippen LogP contribution is -2.21. The highest BCUT2D eigenvalue weighted by Crippen LogP contribution is 2.39. The molecule has 0 aromatic heterocycles. The molecule has 0 radical (unpaired) electrons. The molecule has 1 aliphatic carbocycles. The third-order valence-corrected chi connectivity index (χ3v) is 4.85. The molecule has 2 atom stereocenters. The summed E-state index contributed by atoms with van der Waals surface area (Å²) in [6, 6.07) is 16.8. The van der Waals surface area contributed by atoms with E-state index in [9.17, 15) is 4.79 Å². The van der Waals surface area contributed by atoms with E-state index in [2.05, 4.69) is 47.8 Å². The lowest BCUT2D eigenvalue weighted by molar-refractivity contribution is -0.119. The molecule has 0 spiro atoms. The number of fused-ring (bicyclic) bond motifs is 2. The van der Waals surface area contributed by atoms with Crippen LogP contribution >= 0.6 is 0 Å². The first-order valence-electron chi connectivity index (χ1n) is 7.73. The quantitative estimate of drug-likeness (QED) is 0.918. The highest BCUT2D eigenvalue weighted by molar-refractivity contribution is 5.81. The van der Waals surface area contributed by atoms with Gasteiger partial charge in [0, 0.05) is 31.0 Å². The fourth-order valence-electron chi connectivity index (χ4n) is 3.72. The largest absolute Gasteiger partial charge is 0.384 e. The van der Waals surface area contributed by atoms with Crippen LogP contribution in [-0.2, 0) is 11.2 Å². The molecule has 0 bridgehead atoms. The van der Waals surface area contributed by atoms with Gasteiger partial charge in [-0.2, -0.15) is 0 Å². The lowest BCUT2D eigenvalue weighted by Gasteiger charge is -2.29. The van der Waals surface area contributed by atoms with Crippen molar-refractivity contribution in [3.8, 4) is 0 Å². The Labute approximate surface area is 125 Å². The van der Waals surface area contributed by atoms with Crippen molar-refractivity contribution < 1.29 is 4.79 Å². The summed E-state index contributed by atoms with van der Waals surface area (Å²) >= 11 is 0. The van der Waals surface area contributed by atoms with Crippen molar-refractivity contribution in [2.24, 2.45) is 0 Å². The first-order valence-corrected chi connectivity index (χ1v) is 7.73. The minimum Gasteiger partial charge on any atom is -0.384 e. The fourth-order valence-corrected chi connectivity index (χ4v) is 3.72. The third kappa shape index (κ3) is 2.25. The van der Waals surface area contributed by atoms with Crippen molar-refractivity contribution in [2.75, 3.05) is 11.9 Å². The Morgan fingerprint density at radius 3 is 2.52 bits per heavy atom. The Bertz CT molecular complexity index is 691. The van der Waals surface area contributed by atoms with Gasteiger partial charge >= 0.3 is 0 Å². The van der Waals surface area contributed by atoms with E-state index in [4.69, 9.17) is 0 Å². The molecule has 4 rings (SSSR count). The minimum atomic E-state index is 0.351. The number of benzene rings is 2. The predicted octanol–water partition coefficient (Wildman–Crippen LogP) is 3.88. The van der Waals surface area contributed by atoms with Crippen molar-refractivity contribution >= 4 is 11.5 Å². The molecule has 2 unspecified atom stereocenters. The van der Waals surface area contributed by atoms with Gasteiger partial charge in [-0.25, -0.2) is 0 Å². The molecule has 0 saturated heterocycles. The molecule has 1 heterocycles. The van der Waals surface area contributed by atoms with Gasteiger partial charge in [-0.05, 0) is 35.1 Å². The van der Waals surface area contributed by atoms with Gasteiger partial charge in [0.15, 0.2) is 0 Å². The standard InChI is InChI=1S/C19H19NO/c21-16(10-14-9-13-5-1-2-6-17(13)14)11-15-12-20-19-8-4-3-7-18(15)19/h1-8,14-15,20H,9-12H2. The van der Waals surface area contributed by atoms with Crippen LogP contribution in [0.5, 0.6) is 0 Å². The molecular formula is C19H19NO. The summed E-state index contributed by atoms with van der Waals surface area (Å²) in [6.07, 6.45) is 2.44. The van der Waals surface area contributed by atoms with Crippen molar-refractivity contribution in [1.82, 2.24) is 0 Å². The van der Waals surface area contributed by atoms with E-state index in [1.165, 1.54) is 22.4 Å². The van der Waals surface area contributed by atoms with Crippen LogP contribution in [0.2, 0.25) is 0 Å². The molecule has 106 valence electrons. The predicted molar refractivity (Wildman–Crippen MR) is 84.8 cm³/mol. The van der Waals surface area contributed by atoms with Gasteiger partial charge in [0.1, 0.15) is 5.78 Å². The number of carbonyl (C=O) groups is 1. The minimum absolute atomic E-state index is 0.351. The van der Waals surface area contributed by atoms with Crippen LogP contribution in [0.4, 0.5) is 5.69 Å². The second-order valence-corrected chi connectivity index (χ2v) is 6.21. The van der Waals surface area contributed by atoms with Crippen molar-refractivity contribution in [2.45, 2.75) is 31.1 Å². The first kappa shape index (κ1) is 12.6. The van der Waals surface area contributed by atoms with Gasteiger partial charge in [-0.1, -0.05) is 42.5 Å². The maximum absolute atomic E-state index is 12.4. The summed E-state index contributed by atoms with van der Waals surface area (Å²) in [5, 5.41) is 3.40. The number of carbonyl (C=O) groups excluding carboxylic acids is 1. The number of rotatable bonds is 4. The second-order valence-electron chi connectivity index (χ2n) is 6.21. The number of hydrogen-bond donors (Lipinski definition) is 1. The average Bonchev–Trinajstić information content (AvgIpc) is 2.88. The third-order valence-electron chi connectivity index (χ3n) is 4.85. The maximum atomic E-state index is 12.4. The zero-order valence-corrected chi connectivity index (χ0v) is 12.0. The van der Waals surface area contributed by atoms with Crippen molar-refractivity contribution in [3.05, 3.63) is 65.2 Å². The normalized spacial score (nSPS) is 21.9. The molecular weight excluding hydrogens is 258 g/mol. The number of nitrogens with one attached hydrogen (secondary N) is 1.